The lowest BCUT2D eigenvalue weighted by Crippen LogP contribution is -2.39. The van der Waals surface area contributed by atoms with Crippen molar-refractivity contribution < 1.29 is 14.3 Å². The molecule has 2 rings (SSSR count). The van der Waals surface area contributed by atoms with Crippen molar-refractivity contribution in [1.82, 2.24) is 5.32 Å². The summed E-state index contributed by atoms with van der Waals surface area (Å²) in [5.41, 5.74) is 0.610. The first kappa shape index (κ1) is 16.5. The summed E-state index contributed by atoms with van der Waals surface area (Å²) in [6, 6.07) is 6.71. The predicted octanol–water partition coefficient (Wildman–Crippen LogP) is 2.50. The average Bonchev–Trinajstić information content (AvgIpc) is 2.80. The third-order valence-electron chi connectivity index (χ3n) is 3.64. The molecule has 0 radical (unpaired) electrons. The summed E-state index contributed by atoms with van der Waals surface area (Å²) in [7, 11) is 0. The molecule has 120 valence electrons. The van der Waals surface area contributed by atoms with E-state index in [0.717, 1.165) is 31.6 Å². The van der Waals surface area contributed by atoms with E-state index in [9.17, 15) is 9.59 Å². The number of carbonyl (C=O) groups excluding carboxylic acids is 2. The van der Waals surface area contributed by atoms with Crippen molar-refractivity contribution in [3.05, 3.63) is 24.3 Å². The molecule has 0 unspecified atom stereocenters. The minimum Gasteiger partial charge on any atom is -0.494 e. The van der Waals surface area contributed by atoms with Crippen LogP contribution in [0.2, 0.25) is 0 Å². The topological polar surface area (TPSA) is 58.6 Å². The van der Waals surface area contributed by atoms with Crippen LogP contribution in [0.5, 0.6) is 5.75 Å². The monoisotopic (exact) mass is 304 g/mol. The van der Waals surface area contributed by atoms with E-state index in [1.165, 1.54) is 4.90 Å². The Labute approximate surface area is 131 Å². The van der Waals surface area contributed by atoms with Crippen LogP contribution in [0, 0.1) is 0 Å². The first-order valence-electron chi connectivity index (χ1n) is 8.00. The number of benzene rings is 1. The predicted molar refractivity (Wildman–Crippen MR) is 86.0 cm³/mol. The van der Waals surface area contributed by atoms with Gasteiger partial charge in [-0.15, -0.1) is 0 Å². The van der Waals surface area contributed by atoms with Gasteiger partial charge in [0.15, 0.2) is 0 Å². The second-order valence-electron chi connectivity index (χ2n) is 5.47. The summed E-state index contributed by atoms with van der Waals surface area (Å²) >= 11 is 0. The van der Waals surface area contributed by atoms with E-state index in [2.05, 4.69) is 12.2 Å². The number of amides is 2. The van der Waals surface area contributed by atoms with E-state index < -0.39 is 6.04 Å². The van der Waals surface area contributed by atoms with Crippen LogP contribution in [0.1, 0.15) is 39.5 Å². The van der Waals surface area contributed by atoms with Crippen molar-refractivity contribution in [3.63, 3.8) is 0 Å². The van der Waals surface area contributed by atoms with E-state index in [-0.39, 0.29) is 18.2 Å². The first-order chi connectivity index (χ1) is 10.7. The lowest BCUT2D eigenvalue weighted by Gasteiger charge is -2.16. The van der Waals surface area contributed by atoms with Gasteiger partial charge in [0.25, 0.3) is 5.91 Å². The Bertz CT molecular complexity index is 513. The van der Waals surface area contributed by atoms with Crippen molar-refractivity contribution in [2.24, 2.45) is 0 Å². The van der Waals surface area contributed by atoms with Crippen LogP contribution in [0.4, 0.5) is 5.69 Å². The lowest BCUT2D eigenvalue weighted by atomic mass is 10.2. The molecule has 0 bridgehead atoms. The summed E-state index contributed by atoms with van der Waals surface area (Å²) in [6.07, 6.45) is 3.23. The fourth-order valence-electron chi connectivity index (χ4n) is 2.43. The highest BCUT2D eigenvalue weighted by Gasteiger charge is 2.39. The number of nitrogens with one attached hydrogen (secondary N) is 1. The molecule has 1 aliphatic heterocycles. The Morgan fingerprint density at radius 1 is 1.18 bits per heavy atom. The third kappa shape index (κ3) is 3.85. The third-order valence-corrected chi connectivity index (χ3v) is 3.64. The van der Waals surface area contributed by atoms with Gasteiger partial charge in [0.2, 0.25) is 5.91 Å². The molecule has 1 atom stereocenters. The smallest absolute Gasteiger partial charge is 0.251 e. The first-order valence-corrected chi connectivity index (χ1v) is 8.00. The number of imide groups is 1. The van der Waals surface area contributed by atoms with Gasteiger partial charge in [0, 0.05) is 0 Å². The SMILES string of the molecule is CCCCN[C@@H]1CC(=O)N(c2ccc(OCCC)cc2)C1=O. The summed E-state index contributed by atoms with van der Waals surface area (Å²) in [4.78, 5) is 25.8. The maximum Gasteiger partial charge on any atom is 0.251 e. The second kappa shape index (κ2) is 7.94. The normalized spacial score (nSPS) is 18.1. The minimum absolute atomic E-state index is 0.152. The van der Waals surface area contributed by atoms with Gasteiger partial charge in [0.05, 0.1) is 24.8 Å². The molecule has 0 aliphatic carbocycles. The molecular formula is C17H24N2O3. The molecule has 0 saturated carbocycles. The molecule has 0 aromatic heterocycles. The van der Waals surface area contributed by atoms with Crippen LogP contribution in [-0.2, 0) is 9.59 Å². The number of nitrogens with zero attached hydrogens (tertiary/aromatic N) is 1. The molecule has 5 nitrogen and oxygen atoms in total. The van der Waals surface area contributed by atoms with Crippen molar-refractivity contribution in [2.75, 3.05) is 18.1 Å². The van der Waals surface area contributed by atoms with E-state index >= 15 is 0 Å². The van der Waals surface area contributed by atoms with Crippen LogP contribution in [0.3, 0.4) is 0 Å². The number of ether oxygens (including phenoxy) is 1. The van der Waals surface area contributed by atoms with E-state index in [0.29, 0.717) is 12.3 Å². The maximum absolute atomic E-state index is 12.4. The number of unbranched alkanes of at least 4 members (excludes halogenated alkanes) is 1. The van der Waals surface area contributed by atoms with Gasteiger partial charge in [-0.2, -0.15) is 0 Å². The molecule has 0 spiro atoms. The Hall–Kier alpha value is -1.88. The van der Waals surface area contributed by atoms with Gasteiger partial charge in [-0.3, -0.25) is 9.59 Å². The molecule has 2 amide bonds. The van der Waals surface area contributed by atoms with E-state index in [1.54, 1.807) is 24.3 Å². The fourth-order valence-corrected chi connectivity index (χ4v) is 2.43. The van der Waals surface area contributed by atoms with Crippen LogP contribution in [0.15, 0.2) is 24.3 Å². The molecule has 1 N–H and O–H groups in total. The Balaban J connectivity index is 2.01. The molecule has 1 fully saturated rings. The molecule has 5 heteroatoms. The van der Waals surface area contributed by atoms with Gasteiger partial charge >= 0.3 is 0 Å². The zero-order valence-electron chi connectivity index (χ0n) is 13.3. The zero-order valence-corrected chi connectivity index (χ0v) is 13.3. The summed E-state index contributed by atoms with van der Waals surface area (Å²) in [5.74, 6) is 0.437. The molecule has 1 heterocycles. The molecule has 22 heavy (non-hydrogen) atoms. The summed E-state index contributed by atoms with van der Waals surface area (Å²) in [6.45, 7) is 5.56. The van der Waals surface area contributed by atoms with Crippen LogP contribution < -0.4 is 15.0 Å². The maximum atomic E-state index is 12.4. The van der Waals surface area contributed by atoms with Crippen molar-refractivity contribution in [1.29, 1.82) is 0 Å². The molecular weight excluding hydrogens is 280 g/mol. The lowest BCUT2D eigenvalue weighted by molar-refractivity contribution is -0.121. The summed E-state index contributed by atoms with van der Waals surface area (Å²) < 4.78 is 5.51. The van der Waals surface area contributed by atoms with Gasteiger partial charge in [-0.05, 0) is 43.7 Å². The highest BCUT2D eigenvalue weighted by Crippen LogP contribution is 2.25. The van der Waals surface area contributed by atoms with E-state index in [4.69, 9.17) is 4.74 Å². The molecule has 1 aliphatic rings. The van der Waals surface area contributed by atoms with Gasteiger partial charge < -0.3 is 10.1 Å². The van der Waals surface area contributed by atoms with Crippen molar-refractivity contribution in [3.8, 4) is 5.75 Å². The summed E-state index contributed by atoms with van der Waals surface area (Å²) in [5, 5.41) is 3.16. The quantitative estimate of drug-likeness (QED) is 0.592. The number of hydrogen-bond acceptors (Lipinski definition) is 4. The van der Waals surface area contributed by atoms with Crippen LogP contribution in [0.25, 0.3) is 0 Å². The van der Waals surface area contributed by atoms with Crippen molar-refractivity contribution >= 4 is 17.5 Å². The molecule has 1 aromatic carbocycles. The van der Waals surface area contributed by atoms with Gasteiger partial charge in [-0.1, -0.05) is 20.3 Å². The van der Waals surface area contributed by atoms with Gasteiger partial charge in [-0.25, -0.2) is 4.90 Å². The fraction of sp³-hybridized carbons (Fsp3) is 0.529. The standard InChI is InChI=1S/C17H24N2O3/c1-3-5-10-18-15-12-16(20)19(17(15)21)13-6-8-14(9-7-13)22-11-4-2/h6-9,15,18H,3-5,10-12H2,1-2H3/t15-/m1/s1. The Morgan fingerprint density at radius 2 is 1.91 bits per heavy atom. The van der Waals surface area contributed by atoms with Gasteiger partial charge in [0.1, 0.15) is 5.75 Å². The number of hydrogen-bond donors (Lipinski definition) is 1. The second-order valence-corrected chi connectivity index (χ2v) is 5.47. The molecule has 1 saturated heterocycles. The number of anilines is 1. The van der Waals surface area contributed by atoms with Crippen LogP contribution in [-0.4, -0.2) is 31.0 Å². The van der Waals surface area contributed by atoms with Crippen molar-refractivity contribution in [2.45, 2.75) is 45.6 Å². The highest BCUT2D eigenvalue weighted by molar-refractivity contribution is 6.22. The molecule has 1 aromatic rings. The Kier molecular flexibility index (Phi) is 5.95. The number of carbonyl (C=O) groups is 2. The average molecular weight is 304 g/mol. The Morgan fingerprint density at radius 3 is 2.55 bits per heavy atom. The van der Waals surface area contributed by atoms with E-state index in [1.807, 2.05) is 6.92 Å². The highest BCUT2D eigenvalue weighted by atomic mass is 16.5. The minimum atomic E-state index is -0.393. The largest absolute Gasteiger partial charge is 0.494 e. The zero-order chi connectivity index (χ0) is 15.9. The number of rotatable bonds is 8. The van der Waals surface area contributed by atoms with Crippen LogP contribution >= 0.6 is 0 Å².